The number of rotatable bonds is 4. The Labute approximate surface area is 191 Å². The number of hydrogen-bond acceptors (Lipinski definition) is 3. The lowest BCUT2D eigenvalue weighted by molar-refractivity contribution is -0.100. The molecular formula is C25H29F2N5O. The molecule has 2 spiro atoms. The predicted octanol–water partition coefficient (Wildman–Crippen LogP) is 4.21. The van der Waals surface area contributed by atoms with Crippen molar-refractivity contribution in [3.05, 3.63) is 47.0 Å². The highest BCUT2D eigenvalue weighted by Gasteiger charge is 2.58. The molecule has 8 heteroatoms. The fourth-order valence-electron chi connectivity index (χ4n) is 7.01. The van der Waals surface area contributed by atoms with Crippen LogP contribution in [0.1, 0.15) is 67.6 Å². The van der Waals surface area contributed by atoms with Gasteiger partial charge >= 0.3 is 6.03 Å². The van der Waals surface area contributed by atoms with Gasteiger partial charge in [0.15, 0.2) is 0 Å². The van der Waals surface area contributed by atoms with Crippen molar-refractivity contribution >= 4 is 6.03 Å². The summed E-state index contributed by atoms with van der Waals surface area (Å²) in [5, 5.41) is 8.68. The number of halogens is 2. The topological polar surface area (TPSA) is 65.1 Å². The molecule has 1 aromatic carbocycles. The molecule has 2 aliphatic heterocycles. The van der Waals surface area contributed by atoms with Gasteiger partial charge in [0.25, 0.3) is 0 Å². The Hall–Kier alpha value is -2.51. The Balaban J connectivity index is 0.856. The monoisotopic (exact) mass is 453 g/mol. The van der Waals surface area contributed by atoms with E-state index in [-0.39, 0.29) is 16.9 Å². The molecule has 3 heterocycles. The van der Waals surface area contributed by atoms with Crippen LogP contribution in [-0.4, -0.2) is 57.2 Å². The van der Waals surface area contributed by atoms with Gasteiger partial charge in [-0.1, -0.05) is 6.07 Å². The van der Waals surface area contributed by atoms with E-state index in [0.717, 1.165) is 69.6 Å². The maximum atomic E-state index is 13.9. The van der Waals surface area contributed by atoms with E-state index in [9.17, 15) is 13.6 Å². The first-order chi connectivity index (χ1) is 15.9. The zero-order valence-electron chi connectivity index (χ0n) is 18.7. The number of hydrogen-bond donors (Lipinski definition) is 1. The number of benzene rings is 1. The molecule has 2 amide bonds. The number of nitrogens with one attached hydrogen (secondary N) is 1. The standard InChI is InChI=1S/C25H29F2N5O/c26-19-4-3-17(20(27)6-19)5-15-7-24(8-15)11-31(12-24)23(33)32-13-25(14-32)9-18(10-25)22-28-21(29-30-22)16-1-2-16/h3-4,6,15-16,18H,1-2,5,7-14H2,(H,28,29,30). The Morgan fingerprint density at radius 2 is 1.55 bits per heavy atom. The van der Waals surface area contributed by atoms with Crippen LogP contribution < -0.4 is 0 Å². The molecule has 1 N–H and O–H groups in total. The second-order valence-corrected chi connectivity index (χ2v) is 11.7. The SMILES string of the molecule is O=C(N1CC2(CC(Cc3ccc(F)cc3F)C2)C1)N1CC2(CC(c3nnc(C4CC4)[nH]3)C2)C1. The first-order valence-electron chi connectivity index (χ1n) is 12.3. The molecule has 0 unspecified atom stereocenters. The number of likely N-dealkylation sites (tertiary alicyclic amines) is 2. The van der Waals surface area contributed by atoms with Gasteiger partial charge in [-0.05, 0) is 62.5 Å². The number of H-pyrrole nitrogens is 1. The lowest BCUT2D eigenvalue weighted by atomic mass is 9.56. The van der Waals surface area contributed by atoms with Crippen molar-refractivity contribution in [2.75, 3.05) is 26.2 Å². The van der Waals surface area contributed by atoms with Gasteiger partial charge in [-0.15, -0.1) is 10.2 Å². The number of nitrogens with zero attached hydrogens (tertiary/aromatic N) is 4. The molecule has 5 aliphatic rings. The van der Waals surface area contributed by atoms with Gasteiger partial charge in [-0.2, -0.15) is 0 Å². The Morgan fingerprint density at radius 1 is 0.939 bits per heavy atom. The summed E-state index contributed by atoms with van der Waals surface area (Å²) in [6.45, 7) is 3.37. The van der Waals surface area contributed by atoms with Gasteiger partial charge < -0.3 is 14.8 Å². The highest BCUT2D eigenvalue weighted by atomic mass is 19.1. The van der Waals surface area contributed by atoms with Crippen molar-refractivity contribution in [1.29, 1.82) is 0 Å². The Kier molecular flexibility index (Phi) is 4.08. The van der Waals surface area contributed by atoms with Crippen LogP contribution in [0.25, 0.3) is 0 Å². The van der Waals surface area contributed by atoms with Crippen LogP contribution in [0.15, 0.2) is 18.2 Å². The quantitative estimate of drug-likeness (QED) is 0.754. The van der Waals surface area contributed by atoms with Gasteiger partial charge in [-0.3, -0.25) is 0 Å². The molecule has 174 valence electrons. The smallest absolute Gasteiger partial charge is 0.320 e. The molecule has 0 radical (unpaired) electrons. The fraction of sp³-hybridized carbons (Fsp3) is 0.640. The van der Waals surface area contributed by atoms with Gasteiger partial charge in [0, 0.05) is 54.9 Å². The predicted molar refractivity (Wildman–Crippen MR) is 117 cm³/mol. The summed E-state index contributed by atoms with van der Waals surface area (Å²) in [4.78, 5) is 20.3. The number of carbonyl (C=O) groups excluding carboxylic acids is 1. The first-order valence-corrected chi connectivity index (χ1v) is 12.3. The van der Waals surface area contributed by atoms with Crippen molar-refractivity contribution in [3.8, 4) is 0 Å². The molecule has 2 aromatic rings. The third kappa shape index (κ3) is 3.28. The van der Waals surface area contributed by atoms with Crippen molar-refractivity contribution in [2.45, 2.75) is 56.8 Å². The molecule has 3 aliphatic carbocycles. The molecule has 5 fully saturated rings. The van der Waals surface area contributed by atoms with E-state index in [4.69, 9.17) is 0 Å². The first kappa shape index (κ1) is 19.9. The van der Waals surface area contributed by atoms with E-state index >= 15 is 0 Å². The second kappa shape index (κ2) is 6.76. The summed E-state index contributed by atoms with van der Waals surface area (Å²) >= 11 is 0. The van der Waals surface area contributed by atoms with Crippen molar-refractivity contribution in [1.82, 2.24) is 25.0 Å². The van der Waals surface area contributed by atoms with Crippen LogP contribution in [0, 0.1) is 28.4 Å². The molecule has 3 saturated carbocycles. The number of aromatic amines is 1. The van der Waals surface area contributed by atoms with E-state index in [0.29, 0.717) is 29.7 Å². The number of amides is 2. The van der Waals surface area contributed by atoms with Crippen LogP contribution >= 0.6 is 0 Å². The van der Waals surface area contributed by atoms with E-state index < -0.39 is 11.6 Å². The van der Waals surface area contributed by atoms with Gasteiger partial charge in [0.05, 0.1) is 0 Å². The molecule has 2 saturated heterocycles. The summed E-state index contributed by atoms with van der Waals surface area (Å²) in [5.74, 6) is 2.62. The van der Waals surface area contributed by atoms with Crippen LogP contribution in [0.3, 0.4) is 0 Å². The summed E-state index contributed by atoms with van der Waals surface area (Å²) < 4.78 is 27.0. The van der Waals surface area contributed by atoms with E-state index in [1.54, 1.807) is 6.07 Å². The summed E-state index contributed by atoms with van der Waals surface area (Å²) in [6.07, 6.45) is 7.36. The molecule has 0 bridgehead atoms. The van der Waals surface area contributed by atoms with Gasteiger partial charge in [0.2, 0.25) is 0 Å². The number of aromatic nitrogens is 3. The molecule has 6 nitrogen and oxygen atoms in total. The summed E-state index contributed by atoms with van der Waals surface area (Å²) in [6, 6.07) is 4.04. The molecule has 0 atom stereocenters. The van der Waals surface area contributed by atoms with Crippen LogP contribution in [0.4, 0.5) is 13.6 Å². The van der Waals surface area contributed by atoms with Crippen LogP contribution in [0.5, 0.6) is 0 Å². The third-order valence-electron chi connectivity index (χ3n) is 8.84. The van der Waals surface area contributed by atoms with E-state index in [2.05, 4.69) is 15.2 Å². The van der Waals surface area contributed by atoms with Crippen molar-refractivity contribution < 1.29 is 13.6 Å². The maximum absolute atomic E-state index is 13.9. The molecular weight excluding hydrogens is 424 g/mol. The fourth-order valence-corrected chi connectivity index (χ4v) is 7.01. The average Bonchev–Trinajstić information content (AvgIpc) is 3.40. The lowest BCUT2D eigenvalue weighted by Crippen LogP contribution is -2.71. The van der Waals surface area contributed by atoms with Gasteiger partial charge in [-0.25, -0.2) is 13.6 Å². The zero-order valence-corrected chi connectivity index (χ0v) is 18.7. The highest BCUT2D eigenvalue weighted by molar-refractivity contribution is 5.77. The third-order valence-corrected chi connectivity index (χ3v) is 8.84. The lowest BCUT2D eigenvalue weighted by Gasteiger charge is -2.63. The zero-order chi connectivity index (χ0) is 22.4. The molecule has 1 aromatic heterocycles. The number of urea groups is 1. The minimum Gasteiger partial charge on any atom is -0.328 e. The summed E-state index contributed by atoms with van der Waals surface area (Å²) in [7, 11) is 0. The minimum absolute atomic E-state index is 0.179. The van der Waals surface area contributed by atoms with E-state index in [1.807, 2.05) is 9.80 Å². The van der Waals surface area contributed by atoms with E-state index in [1.165, 1.54) is 18.9 Å². The largest absolute Gasteiger partial charge is 0.328 e. The van der Waals surface area contributed by atoms with Gasteiger partial charge in [0.1, 0.15) is 23.3 Å². The van der Waals surface area contributed by atoms with Crippen molar-refractivity contribution in [2.24, 2.45) is 16.7 Å². The molecule has 33 heavy (non-hydrogen) atoms. The van der Waals surface area contributed by atoms with Crippen molar-refractivity contribution in [3.63, 3.8) is 0 Å². The second-order valence-electron chi connectivity index (χ2n) is 11.7. The normalized spacial score (nSPS) is 25.5. The number of carbonyl (C=O) groups is 1. The summed E-state index contributed by atoms with van der Waals surface area (Å²) in [5.41, 5.74) is 1.12. The van der Waals surface area contributed by atoms with Crippen LogP contribution in [0.2, 0.25) is 0 Å². The maximum Gasteiger partial charge on any atom is 0.320 e. The average molecular weight is 454 g/mol. The Bertz CT molecular complexity index is 1100. The minimum atomic E-state index is -0.527. The van der Waals surface area contributed by atoms with Crippen LogP contribution in [-0.2, 0) is 6.42 Å². The Morgan fingerprint density at radius 3 is 2.15 bits per heavy atom. The molecule has 7 rings (SSSR count). The highest BCUT2D eigenvalue weighted by Crippen LogP contribution is 2.57.